The minimum atomic E-state index is 0.980. The Labute approximate surface area is 102 Å². The number of hydrogen-bond donors (Lipinski definition) is 0. The van der Waals surface area contributed by atoms with Crippen molar-refractivity contribution in [2.45, 2.75) is 58.5 Å². The van der Waals surface area contributed by atoms with Crippen LogP contribution in [0.3, 0.4) is 0 Å². The van der Waals surface area contributed by atoms with Crippen LogP contribution in [0.2, 0.25) is 0 Å². The van der Waals surface area contributed by atoms with E-state index in [1.54, 1.807) is 5.30 Å². The van der Waals surface area contributed by atoms with Gasteiger partial charge in [0.05, 0.1) is 0 Å². The highest BCUT2D eigenvalue weighted by Gasteiger charge is 2.15. The van der Waals surface area contributed by atoms with Gasteiger partial charge >= 0.3 is 0 Å². The topological polar surface area (TPSA) is 0 Å². The van der Waals surface area contributed by atoms with Gasteiger partial charge in [-0.2, -0.15) is 0 Å². The lowest BCUT2D eigenvalue weighted by Gasteiger charge is -2.23. The van der Waals surface area contributed by atoms with Crippen molar-refractivity contribution in [1.29, 1.82) is 0 Å². The summed E-state index contributed by atoms with van der Waals surface area (Å²) in [4.78, 5) is 0. The fourth-order valence-corrected chi connectivity index (χ4v) is 4.56. The van der Waals surface area contributed by atoms with Crippen LogP contribution in [0.15, 0.2) is 12.1 Å². The largest absolute Gasteiger partial charge is 0.0866 e. The smallest absolute Gasteiger partial charge is 0.0196 e. The lowest BCUT2D eigenvalue weighted by molar-refractivity contribution is 0.514. The highest BCUT2D eigenvalue weighted by molar-refractivity contribution is 7.48. The molecule has 0 amide bonds. The van der Waals surface area contributed by atoms with Crippen molar-refractivity contribution in [3.8, 4) is 0 Å². The van der Waals surface area contributed by atoms with Crippen LogP contribution in [0.5, 0.6) is 0 Å². The Kier molecular flexibility index (Phi) is 4.03. The third kappa shape index (κ3) is 2.86. The second-order valence-electron chi connectivity index (χ2n) is 5.25. The van der Waals surface area contributed by atoms with Crippen LogP contribution < -0.4 is 5.30 Å². The van der Waals surface area contributed by atoms with Crippen LogP contribution in [0.4, 0.5) is 0 Å². The molecule has 1 aromatic rings. The minimum Gasteiger partial charge on any atom is -0.0866 e. The summed E-state index contributed by atoms with van der Waals surface area (Å²) in [5, 5.41) is 1.65. The molecular weight excluding hydrogens is 211 g/mol. The van der Waals surface area contributed by atoms with E-state index in [9.17, 15) is 0 Å². The van der Waals surface area contributed by atoms with Crippen molar-refractivity contribution < 1.29 is 0 Å². The van der Waals surface area contributed by atoms with Crippen LogP contribution >= 0.6 is 8.58 Å². The molecule has 1 saturated carbocycles. The molecular formula is C15H23P. The zero-order valence-electron chi connectivity index (χ0n) is 10.8. The van der Waals surface area contributed by atoms with Crippen LogP contribution in [-0.4, -0.2) is 5.66 Å². The SMILES string of the molecule is Cc1cc(C)c(PC2CCCCC2)c(C)c1. The predicted molar refractivity (Wildman–Crippen MR) is 75.5 cm³/mol. The predicted octanol–water partition coefficient (Wildman–Crippen LogP) is 4.25. The summed E-state index contributed by atoms with van der Waals surface area (Å²) in [5.41, 5.74) is 5.42. The summed E-state index contributed by atoms with van der Waals surface area (Å²) in [6.07, 6.45) is 7.31. The molecule has 0 aromatic heterocycles. The molecule has 2 rings (SSSR count). The molecule has 0 N–H and O–H groups in total. The van der Waals surface area contributed by atoms with E-state index in [0.717, 1.165) is 14.2 Å². The standard InChI is InChI=1S/C15H23P/c1-11-9-12(2)15(13(3)10-11)16-14-7-5-4-6-8-14/h9-10,14,16H,4-8H2,1-3H3. The molecule has 0 saturated heterocycles. The fraction of sp³-hybridized carbons (Fsp3) is 0.600. The average Bonchev–Trinajstić information content (AvgIpc) is 2.25. The molecule has 0 radical (unpaired) electrons. The van der Waals surface area contributed by atoms with E-state index < -0.39 is 0 Å². The molecule has 88 valence electrons. The van der Waals surface area contributed by atoms with Gasteiger partial charge in [-0.05, 0) is 55.7 Å². The Morgan fingerprint density at radius 1 is 0.938 bits per heavy atom. The Hall–Kier alpha value is -0.350. The quantitative estimate of drug-likeness (QED) is 0.671. The third-order valence-corrected chi connectivity index (χ3v) is 5.69. The van der Waals surface area contributed by atoms with Gasteiger partial charge in [0.15, 0.2) is 0 Å². The van der Waals surface area contributed by atoms with E-state index in [1.165, 1.54) is 48.8 Å². The minimum absolute atomic E-state index is 0.980. The van der Waals surface area contributed by atoms with E-state index in [0.29, 0.717) is 0 Å². The number of hydrogen-bond acceptors (Lipinski definition) is 0. The molecule has 0 aliphatic heterocycles. The first-order valence-corrected chi connectivity index (χ1v) is 7.59. The first kappa shape index (κ1) is 12.1. The molecule has 16 heavy (non-hydrogen) atoms. The molecule has 1 atom stereocenters. The van der Waals surface area contributed by atoms with Gasteiger partial charge < -0.3 is 0 Å². The zero-order valence-corrected chi connectivity index (χ0v) is 11.8. The highest BCUT2D eigenvalue weighted by atomic mass is 31.1. The molecule has 0 nitrogen and oxygen atoms in total. The molecule has 1 unspecified atom stereocenters. The average molecular weight is 234 g/mol. The Bertz CT molecular complexity index is 339. The van der Waals surface area contributed by atoms with Crippen molar-refractivity contribution >= 4 is 13.9 Å². The fourth-order valence-electron chi connectivity index (χ4n) is 2.86. The van der Waals surface area contributed by atoms with Gasteiger partial charge in [-0.3, -0.25) is 0 Å². The normalized spacial score (nSPS) is 18.4. The van der Waals surface area contributed by atoms with Gasteiger partial charge in [-0.15, -0.1) is 0 Å². The first-order chi connectivity index (χ1) is 7.66. The van der Waals surface area contributed by atoms with Gasteiger partial charge in [0.2, 0.25) is 0 Å². The van der Waals surface area contributed by atoms with Gasteiger partial charge in [0, 0.05) is 0 Å². The second kappa shape index (κ2) is 5.32. The maximum atomic E-state index is 2.35. The molecule has 1 aliphatic carbocycles. The van der Waals surface area contributed by atoms with Gasteiger partial charge in [0.1, 0.15) is 0 Å². The Morgan fingerprint density at radius 2 is 1.50 bits per heavy atom. The van der Waals surface area contributed by atoms with Crippen LogP contribution in [0.1, 0.15) is 48.8 Å². The maximum absolute atomic E-state index is 2.35. The number of benzene rings is 1. The Balaban J connectivity index is 2.14. The van der Waals surface area contributed by atoms with Crippen LogP contribution in [0, 0.1) is 20.8 Å². The van der Waals surface area contributed by atoms with Gasteiger partial charge in [-0.1, -0.05) is 45.5 Å². The molecule has 0 spiro atoms. The van der Waals surface area contributed by atoms with Crippen molar-refractivity contribution in [3.63, 3.8) is 0 Å². The van der Waals surface area contributed by atoms with Crippen molar-refractivity contribution in [2.75, 3.05) is 0 Å². The van der Waals surface area contributed by atoms with Crippen molar-refractivity contribution in [1.82, 2.24) is 0 Å². The zero-order chi connectivity index (χ0) is 11.5. The monoisotopic (exact) mass is 234 g/mol. The molecule has 0 bridgehead atoms. The van der Waals surface area contributed by atoms with E-state index in [-0.39, 0.29) is 0 Å². The molecule has 1 aromatic carbocycles. The molecule has 1 fully saturated rings. The van der Waals surface area contributed by atoms with Gasteiger partial charge in [-0.25, -0.2) is 0 Å². The highest BCUT2D eigenvalue weighted by Crippen LogP contribution is 2.33. The van der Waals surface area contributed by atoms with Crippen molar-refractivity contribution in [3.05, 3.63) is 28.8 Å². The third-order valence-electron chi connectivity index (χ3n) is 3.63. The summed E-state index contributed by atoms with van der Waals surface area (Å²) in [6, 6.07) is 4.69. The van der Waals surface area contributed by atoms with Crippen molar-refractivity contribution in [2.24, 2.45) is 0 Å². The lowest BCUT2D eigenvalue weighted by atomic mass is 10.0. The number of aryl methyl sites for hydroxylation is 3. The van der Waals surface area contributed by atoms with E-state index in [1.807, 2.05) is 0 Å². The molecule has 1 heteroatoms. The summed E-state index contributed by atoms with van der Waals surface area (Å²) in [5.74, 6) is 0. The van der Waals surface area contributed by atoms with Crippen LogP contribution in [-0.2, 0) is 0 Å². The molecule has 0 heterocycles. The van der Waals surface area contributed by atoms with E-state index in [2.05, 4.69) is 32.9 Å². The van der Waals surface area contributed by atoms with E-state index >= 15 is 0 Å². The Morgan fingerprint density at radius 3 is 2.06 bits per heavy atom. The summed E-state index contributed by atoms with van der Waals surface area (Å²) < 4.78 is 0. The lowest BCUT2D eigenvalue weighted by Crippen LogP contribution is -2.14. The maximum Gasteiger partial charge on any atom is -0.0196 e. The van der Waals surface area contributed by atoms with Gasteiger partial charge in [0.25, 0.3) is 0 Å². The second-order valence-corrected chi connectivity index (χ2v) is 6.86. The van der Waals surface area contributed by atoms with Crippen LogP contribution in [0.25, 0.3) is 0 Å². The number of rotatable bonds is 2. The summed E-state index contributed by atoms with van der Waals surface area (Å²) >= 11 is 0. The summed E-state index contributed by atoms with van der Waals surface area (Å²) in [6.45, 7) is 6.77. The summed E-state index contributed by atoms with van der Waals surface area (Å²) in [7, 11) is 1.05. The first-order valence-electron chi connectivity index (χ1n) is 6.51. The van der Waals surface area contributed by atoms with E-state index in [4.69, 9.17) is 0 Å². The molecule has 1 aliphatic rings.